The van der Waals surface area contributed by atoms with Gasteiger partial charge in [0.1, 0.15) is 4.88 Å². The van der Waals surface area contributed by atoms with Gasteiger partial charge in [-0.2, -0.15) is 0 Å². The molecule has 0 radical (unpaired) electrons. The number of rotatable bonds is 5. The van der Waals surface area contributed by atoms with Crippen molar-refractivity contribution in [2.45, 2.75) is 19.4 Å². The van der Waals surface area contributed by atoms with E-state index in [1.54, 1.807) is 14.0 Å². The SMILES string of the molecule is CC(O)CCN(C)C(=O)c1ccc(C(=O)O)s1. The fourth-order valence-electron chi connectivity index (χ4n) is 1.24. The minimum atomic E-state index is -1.03. The van der Waals surface area contributed by atoms with Gasteiger partial charge >= 0.3 is 5.97 Å². The van der Waals surface area contributed by atoms with E-state index in [0.29, 0.717) is 17.8 Å². The summed E-state index contributed by atoms with van der Waals surface area (Å²) >= 11 is 0.958. The third kappa shape index (κ3) is 3.83. The maximum atomic E-state index is 11.9. The molecule has 2 N–H and O–H groups in total. The lowest BCUT2D eigenvalue weighted by Crippen LogP contribution is -2.28. The first-order valence-electron chi connectivity index (χ1n) is 5.18. The number of amides is 1. The quantitative estimate of drug-likeness (QED) is 0.833. The molecule has 5 nitrogen and oxygen atoms in total. The number of nitrogens with zero attached hydrogens (tertiary/aromatic N) is 1. The van der Waals surface area contributed by atoms with Crippen LogP contribution >= 0.6 is 11.3 Å². The van der Waals surface area contributed by atoms with Crippen molar-refractivity contribution in [3.63, 3.8) is 0 Å². The molecule has 0 aliphatic rings. The maximum absolute atomic E-state index is 11.9. The van der Waals surface area contributed by atoms with Gasteiger partial charge < -0.3 is 15.1 Å². The molecule has 1 atom stereocenters. The van der Waals surface area contributed by atoms with Crippen LogP contribution in [-0.4, -0.2) is 46.7 Å². The second kappa shape index (κ2) is 5.79. The second-order valence-electron chi connectivity index (χ2n) is 3.83. The summed E-state index contributed by atoms with van der Waals surface area (Å²) < 4.78 is 0. The standard InChI is InChI=1S/C11H15NO4S/c1-7(13)5-6-12(2)10(14)8-3-4-9(17-8)11(15)16/h3-4,7,13H,5-6H2,1-2H3,(H,15,16). The predicted octanol–water partition coefficient (Wildman–Crippen LogP) is 1.29. The van der Waals surface area contributed by atoms with Gasteiger partial charge in [-0.25, -0.2) is 4.79 Å². The molecular formula is C11H15NO4S. The van der Waals surface area contributed by atoms with E-state index in [-0.39, 0.29) is 10.8 Å². The number of thiophene rings is 1. The van der Waals surface area contributed by atoms with E-state index in [9.17, 15) is 9.59 Å². The predicted molar refractivity (Wildman–Crippen MR) is 64.5 cm³/mol. The van der Waals surface area contributed by atoms with Crippen LogP contribution in [0.5, 0.6) is 0 Å². The van der Waals surface area contributed by atoms with E-state index in [4.69, 9.17) is 10.2 Å². The fraction of sp³-hybridized carbons (Fsp3) is 0.455. The number of hydrogen-bond donors (Lipinski definition) is 2. The highest BCUT2D eigenvalue weighted by molar-refractivity contribution is 7.15. The smallest absolute Gasteiger partial charge is 0.345 e. The van der Waals surface area contributed by atoms with Crippen molar-refractivity contribution in [3.8, 4) is 0 Å². The summed E-state index contributed by atoms with van der Waals surface area (Å²) in [4.78, 5) is 24.6. The molecule has 17 heavy (non-hydrogen) atoms. The Labute approximate surface area is 103 Å². The van der Waals surface area contributed by atoms with Gasteiger partial charge in [0.15, 0.2) is 0 Å². The lowest BCUT2D eigenvalue weighted by atomic mass is 10.2. The zero-order chi connectivity index (χ0) is 13.0. The first-order chi connectivity index (χ1) is 7.91. The highest BCUT2D eigenvalue weighted by atomic mass is 32.1. The molecule has 6 heteroatoms. The zero-order valence-corrected chi connectivity index (χ0v) is 10.5. The van der Waals surface area contributed by atoms with E-state index >= 15 is 0 Å². The van der Waals surface area contributed by atoms with Crippen molar-refractivity contribution in [1.82, 2.24) is 4.90 Å². The van der Waals surface area contributed by atoms with Gasteiger partial charge in [-0.05, 0) is 25.5 Å². The van der Waals surface area contributed by atoms with Crippen LogP contribution in [0.2, 0.25) is 0 Å². The van der Waals surface area contributed by atoms with Gasteiger partial charge in [0, 0.05) is 13.6 Å². The Morgan fingerprint density at radius 1 is 1.41 bits per heavy atom. The van der Waals surface area contributed by atoms with Crippen molar-refractivity contribution >= 4 is 23.2 Å². The second-order valence-corrected chi connectivity index (χ2v) is 4.92. The van der Waals surface area contributed by atoms with E-state index < -0.39 is 12.1 Å². The minimum absolute atomic E-state index is 0.150. The number of carboxylic acids is 1. The molecule has 0 aromatic carbocycles. The van der Waals surface area contributed by atoms with Crippen LogP contribution in [0.25, 0.3) is 0 Å². The number of aliphatic hydroxyl groups excluding tert-OH is 1. The normalized spacial score (nSPS) is 12.2. The van der Waals surface area contributed by atoms with Gasteiger partial charge in [0.05, 0.1) is 11.0 Å². The molecule has 94 valence electrons. The van der Waals surface area contributed by atoms with Crippen molar-refractivity contribution in [2.75, 3.05) is 13.6 Å². The van der Waals surface area contributed by atoms with Gasteiger partial charge in [-0.1, -0.05) is 0 Å². The summed E-state index contributed by atoms with van der Waals surface area (Å²) in [5.41, 5.74) is 0. The van der Waals surface area contributed by atoms with Gasteiger partial charge in [0.25, 0.3) is 5.91 Å². The number of carbonyl (C=O) groups excluding carboxylic acids is 1. The van der Waals surface area contributed by atoms with Crippen LogP contribution in [0.3, 0.4) is 0 Å². The molecule has 1 rings (SSSR count). The Morgan fingerprint density at radius 2 is 2.00 bits per heavy atom. The minimum Gasteiger partial charge on any atom is -0.477 e. The molecule has 1 unspecified atom stereocenters. The first-order valence-corrected chi connectivity index (χ1v) is 6.00. The van der Waals surface area contributed by atoms with Crippen molar-refractivity contribution in [1.29, 1.82) is 0 Å². The third-order valence-electron chi connectivity index (χ3n) is 2.26. The lowest BCUT2D eigenvalue weighted by molar-refractivity contribution is 0.0701. The Bertz CT molecular complexity index is 413. The lowest BCUT2D eigenvalue weighted by Gasteiger charge is -2.16. The maximum Gasteiger partial charge on any atom is 0.345 e. The highest BCUT2D eigenvalue weighted by Gasteiger charge is 2.16. The third-order valence-corrected chi connectivity index (χ3v) is 3.32. The summed E-state index contributed by atoms with van der Waals surface area (Å²) in [7, 11) is 1.63. The zero-order valence-electron chi connectivity index (χ0n) is 9.71. The van der Waals surface area contributed by atoms with E-state index in [2.05, 4.69) is 0 Å². The van der Waals surface area contributed by atoms with E-state index in [1.165, 1.54) is 17.0 Å². The van der Waals surface area contributed by atoms with Crippen LogP contribution in [-0.2, 0) is 0 Å². The number of aliphatic hydroxyl groups is 1. The largest absolute Gasteiger partial charge is 0.477 e. The van der Waals surface area contributed by atoms with Crippen LogP contribution in [0, 0.1) is 0 Å². The molecule has 1 aromatic rings. The van der Waals surface area contributed by atoms with Gasteiger partial charge in [-0.15, -0.1) is 11.3 Å². The Kier molecular flexibility index (Phi) is 4.65. The Hall–Kier alpha value is -1.40. The Morgan fingerprint density at radius 3 is 2.47 bits per heavy atom. The van der Waals surface area contributed by atoms with E-state index in [0.717, 1.165) is 11.3 Å². The molecule has 0 fully saturated rings. The average Bonchev–Trinajstić information content (AvgIpc) is 2.73. The molecule has 0 aliphatic heterocycles. The van der Waals surface area contributed by atoms with Gasteiger partial charge in [-0.3, -0.25) is 4.79 Å². The summed E-state index contributed by atoms with van der Waals surface area (Å²) in [5, 5.41) is 17.9. The monoisotopic (exact) mass is 257 g/mol. The molecule has 0 saturated carbocycles. The summed E-state index contributed by atoms with van der Waals surface area (Å²) in [6.07, 6.45) is 0.0440. The average molecular weight is 257 g/mol. The van der Waals surface area contributed by atoms with Crippen molar-refractivity contribution < 1.29 is 19.8 Å². The Balaban J connectivity index is 2.65. The van der Waals surface area contributed by atoms with Crippen LogP contribution < -0.4 is 0 Å². The summed E-state index contributed by atoms with van der Waals surface area (Å²) in [6.45, 7) is 2.10. The van der Waals surface area contributed by atoms with Crippen molar-refractivity contribution in [3.05, 3.63) is 21.9 Å². The fourth-order valence-corrected chi connectivity index (χ4v) is 2.08. The molecule has 0 saturated heterocycles. The topological polar surface area (TPSA) is 77.8 Å². The molecule has 1 amide bonds. The highest BCUT2D eigenvalue weighted by Crippen LogP contribution is 2.18. The number of hydrogen-bond acceptors (Lipinski definition) is 4. The molecule has 0 aliphatic carbocycles. The van der Waals surface area contributed by atoms with Gasteiger partial charge in [0.2, 0.25) is 0 Å². The number of carbonyl (C=O) groups is 2. The molecule has 0 spiro atoms. The van der Waals surface area contributed by atoms with Crippen LogP contribution in [0.4, 0.5) is 0 Å². The van der Waals surface area contributed by atoms with E-state index in [1.807, 2.05) is 0 Å². The number of carboxylic acid groups (broad SMARTS) is 1. The molecule has 1 heterocycles. The molecule has 0 bridgehead atoms. The number of aromatic carboxylic acids is 1. The summed E-state index contributed by atoms with van der Waals surface area (Å²) in [5.74, 6) is -1.25. The first kappa shape index (κ1) is 13.7. The molecule has 1 aromatic heterocycles. The van der Waals surface area contributed by atoms with Crippen LogP contribution in [0.1, 0.15) is 32.7 Å². The van der Waals surface area contributed by atoms with Crippen molar-refractivity contribution in [2.24, 2.45) is 0 Å². The van der Waals surface area contributed by atoms with Crippen LogP contribution in [0.15, 0.2) is 12.1 Å². The summed E-state index contributed by atoms with van der Waals surface area (Å²) in [6, 6.07) is 2.93. The molecular weight excluding hydrogens is 242 g/mol.